The first-order valence-electron chi connectivity index (χ1n) is 7.11. The van der Waals surface area contributed by atoms with Crippen molar-refractivity contribution in [2.45, 2.75) is 6.54 Å². The number of nitrogens with zero attached hydrogens (tertiary/aromatic N) is 3. The molecule has 1 N–H and O–H groups in total. The molecule has 0 saturated heterocycles. The fourth-order valence-corrected chi connectivity index (χ4v) is 2.42. The van der Waals surface area contributed by atoms with Crippen molar-refractivity contribution in [1.29, 1.82) is 0 Å². The lowest BCUT2D eigenvalue weighted by atomic mass is 10.1. The molecule has 116 valence electrons. The Morgan fingerprint density at radius 3 is 2.83 bits per heavy atom. The minimum absolute atomic E-state index is 0.195. The summed E-state index contributed by atoms with van der Waals surface area (Å²) in [5.74, 6) is -0.195. The summed E-state index contributed by atoms with van der Waals surface area (Å²) in [6.45, 7) is 0.372. The van der Waals surface area contributed by atoms with Gasteiger partial charge in [0.1, 0.15) is 5.69 Å². The number of aromatic nitrogens is 3. The Labute approximate surface area is 138 Å². The smallest absolute Gasteiger partial charge is 0.269 e. The lowest BCUT2D eigenvalue weighted by Gasteiger charge is -2.04. The van der Waals surface area contributed by atoms with E-state index in [4.69, 9.17) is 11.6 Å². The first-order chi connectivity index (χ1) is 11.1. The van der Waals surface area contributed by atoms with E-state index in [-0.39, 0.29) is 5.91 Å². The molecule has 2 heterocycles. The Morgan fingerprint density at radius 1 is 1.22 bits per heavy atom. The van der Waals surface area contributed by atoms with Crippen molar-refractivity contribution in [3.05, 3.63) is 71.1 Å². The van der Waals surface area contributed by atoms with E-state index in [0.29, 0.717) is 23.0 Å². The molecule has 5 nitrogen and oxygen atoms in total. The van der Waals surface area contributed by atoms with Crippen molar-refractivity contribution in [3.63, 3.8) is 0 Å². The van der Waals surface area contributed by atoms with Crippen LogP contribution in [-0.2, 0) is 13.6 Å². The second-order valence-corrected chi connectivity index (χ2v) is 5.49. The number of hydrogen-bond acceptors (Lipinski definition) is 3. The van der Waals surface area contributed by atoms with Crippen LogP contribution in [0.5, 0.6) is 0 Å². The predicted molar refractivity (Wildman–Crippen MR) is 89.1 cm³/mol. The Hall–Kier alpha value is -2.66. The number of nitrogens with one attached hydrogen (secondary N) is 1. The van der Waals surface area contributed by atoms with Crippen LogP contribution in [0.2, 0.25) is 5.02 Å². The molecule has 1 amide bonds. The Bertz CT molecular complexity index is 830. The van der Waals surface area contributed by atoms with E-state index < -0.39 is 0 Å². The summed E-state index contributed by atoms with van der Waals surface area (Å²) >= 11 is 6.00. The lowest BCUT2D eigenvalue weighted by Crippen LogP contribution is -2.25. The molecule has 0 atom stereocenters. The van der Waals surface area contributed by atoms with Crippen LogP contribution in [0.4, 0.5) is 0 Å². The highest BCUT2D eigenvalue weighted by Crippen LogP contribution is 2.22. The van der Waals surface area contributed by atoms with Gasteiger partial charge in [-0.15, -0.1) is 0 Å². The molecule has 0 spiro atoms. The maximum atomic E-state index is 12.3. The Kier molecular flexibility index (Phi) is 4.39. The standard InChI is InChI=1S/C17H15ClN4O/c1-22-16(17(23)20-11-14-7-2-3-8-19-14)10-15(21-22)12-5-4-6-13(18)9-12/h2-10H,11H2,1H3,(H,20,23). The number of carbonyl (C=O) groups is 1. The third-order valence-corrected chi connectivity index (χ3v) is 3.62. The molecule has 2 aromatic heterocycles. The van der Waals surface area contributed by atoms with Crippen molar-refractivity contribution >= 4 is 17.5 Å². The van der Waals surface area contributed by atoms with Crippen LogP contribution in [0.15, 0.2) is 54.7 Å². The Morgan fingerprint density at radius 2 is 2.09 bits per heavy atom. The summed E-state index contributed by atoms with van der Waals surface area (Å²) in [5.41, 5.74) is 2.86. The number of carbonyl (C=O) groups excluding carboxylic acids is 1. The molecule has 3 aromatic rings. The van der Waals surface area contributed by atoms with Crippen LogP contribution in [0.25, 0.3) is 11.3 Å². The van der Waals surface area contributed by atoms with E-state index in [2.05, 4.69) is 15.4 Å². The van der Waals surface area contributed by atoms with Gasteiger partial charge >= 0.3 is 0 Å². The summed E-state index contributed by atoms with van der Waals surface area (Å²) in [6, 6.07) is 14.7. The zero-order chi connectivity index (χ0) is 16.2. The molecule has 23 heavy (non-hydrogen) atoms. The first-order valence-corrected chi connectivity index (χ1v) is 7.49. The van der Waals surface area contributed by atoms with Gasteiger partial charge in [0.05, 0.1) is 17.9 Å². The monoisotopic (exact) mass is 326 g/mol. The van der Waals surface area contributed by atoms with Gasteiger partial charge in [-0.3, -0.25) is 14.5 Å². The molecule has 3 rings (SSSR count). The fraction of sp³-hybridized carbons (Fsp3) is 0.118. The van der Waals surface area contributed by atoms with E-state index >= 15 is 0 Å². The molecule has 1 aromatic carbocycles. The fourth-order valence-electron chi connectivity index (χ4n) is 2.23. The normalized spacial score (nSPS) is 10.5. The number of pyridine rings is 1. The van der Waals surface area contributed by atoms with E-state index in [1.165, 1.54) is 0 Å². The predicted octanol–water partition coefficient (Wildman–Crippen LogP) is 3.07. The number of halogens is 1. The minimum Gasteiger partial charge on any atom is -0.345 e. The first kappa shape index (κ1) is 15.2. The van der Waals surface area contributed by atoms with Crippen LogP contribution in [0, 0.1) is 0 Å². The second kappa shape index (κ2) is 6.62. The third kappa shape index (κ3) is 3.57. The number of aryl methyl sites for hydroxylation is 1. The van der Waals surface area contributed by atoms with Gasteiger partial charge in [0.2, 0.25) is 0 Å². The number of hydrogen-bond donors (Lipinski definition) is 1. The number of rotatable bonds is 4. The second-order valence-electron chi connectivity index (χ2n) is 5.05. The molecule has 0 radical (unpaired) electrons. The molecular formula is C17H15ClN4O. The maximum absolute atomic E-state index is 12.3. The summed E-state index contributed by atoms with van der Waals surface area (Å²) < 4.78 is 1.56. The van der Waals surface area contributed by atoms with Gasteiger partial charge in [0.25, 0.3) is 5.91 Å². The Balaban J connectivity index is 1.76. The van der Waals surface area contributed by atoms with E-state index in [9.17, 15) is 4.79 Å². The molecule has 0 aliphatic carbocycles. The van der Waals surface area contributed by atoms with Gasteiger partial charge < -0.3 is 5.32 Å². The summed E-state index contributed by atoms with van der Waals surface area (Å²) in [5, 5.41) is 7.86. The van der Waals surface area contributed by atoms with Crippen LogP contribution in [0.3, 0.4) is 0 Å². The van der Waals surface area contributed by atoms with Crippen LogP contribution in [-0.4, -0.2) is 20.7 Å². The molecule has 0 aliphatic heterocycles. The summed E-state index contributed by atoms with van der Waals surface area (Å²) in [4.78, 5) is 16.5. The zero-order valence-corrected chi connectivity index (χ0v) is 13.3. The molecule has 0 saturated carbocycles. The topological polar surface area (TPSA) is 59.8 Å². The molecule has 0 unspecified atom stereocenters. The zero-order valence-electron chi connectivity index (χ0n) is 12.5. The van der Waals surface area contributed by atoms with Crippen LogP contribution in [0.1, 0.15) is 16.2 Å². The van der Waals surface area contributed by atoms with Gasteiger partial charge in [0, 0.05) is 23.8 Å². The van der Waals surface area contributed by atoms with Gasteiger partial charge in [-0.05, 0) is 30.3 Å². The van der Waals surface area contributed by atoms with Crippen molar-refractivity contribution in [2.24, 2.45) is 7.05 Å². The molecule has 0 fully saturated rings. The highest BCUT2D eigenvalue weighted by Gasteiger charge is 2.14. The van der Waals surface area contributed by atoms with Gasteiger partial charge in [0.15, 0.2) is 0 Å². The average Bonchev–Trinajstić information content (AvgIpc) is 2.96. The van der Waals surface area contributed by atoms with Crippen LogP contribution < -0.4 is 5.32 Å². The molecular weight excluding hydrogens is 312 g/mol. The maximum Gasteiger partial charge on any atom is 0.269 e. The van der Waals surface area contributed by atoms with Crippen LogP contribution >= 0.6 is 11.6 Å². The van der Waals surface area contributed by atoms with Crippen molar-refractivity contribution in [1.82, 2.24) is 20.1 Å². The van der Waals surface area contributed by atoms with Gasteiger partial charge in [-0.2, -0.15) is 5.10 Å². The molecule has 6 heteroatoms. The van der Waals surface area contributed by atoms with E-state index in [1.807, 2.05) is 36.4 Å². The minimum atomic E-state index is -0.195. The van der Waals surface area contributed by atoms with Gasteiger partial charge in [-0.1, -0.05) is 29.8 Å². The summed E-state index contributed by atoms with van der Waals surface area (Å²) in [7, 11) is 1.74. The van der Waals surface area contributed by atoms with Crippen molar-refractivity contribution < 1.29 is 4.79 Å². The number of benzene rings is 1. The largest absolute Gasteiger partial charge is 0.345 e. The quantitative estimate of drug-likeness (QED) is 0.801. The number of amides is 1. The van der Waals surface area contributed by atoms with Gasteiger partial charge in [-0.25, -0.2) is 0 Å². The highest BCUT2D eigenvalue weighted by molar-refractivity contribution is 6.30. The lowest BCUT2D eigenvalue weighted by molar-refractivity contribution is 0.0941. The molecule has 0 aliphatic rings. The van der Waals surface area contributed by atoms with E-state index in [1.54, 1.807) is 30.1 Å². The van der Waals surface area contributed by atoms with E-state index in [0.717, 1.165) is 11.3 Å². The SMILES string of the molecule is Cn1nc(-c2cccc(Cl)c2)cc1C(=O)NCc1ccccn1. The molecule has 0 bridgehead atoms. The summed E-state index contributed by atoms with van der Waals surface area (Å²) in [6.07, 6.45) is 1.70. The van der Waals surface area contributed by atoms with Crippen molar-refractivity contribution in [3.8, 4) is 11.3 Å². The third-order valence-electron chi connectivity index (χ3n) is 3.39. The average molecular weight is 327 g/mol. The highest BCUT2D eigenvalue weighted by atomic mass is 35.5. The van der Waals surface area contributed by atoms with Crippen molar-refractivity contribution in [2.75, 3.05) is 0 Å².